The van der Waals surface area contributed by atoms with Gasteiger partial charge in [0.15, 0.2) is 6.19 Å². The maximum Gasteiger partial charge on any atom is 0.335 e. The van der Waals surface area contributed by atoms with E-state index in [0.29, 0.717) is 16.5 Å². The summed E-state index contributed by atoms with van der Waals surface area (Å²) in [6.45, 7) is 2.09. The molecule has 0 bridgehead atoms. The van der Waals surface area contributed by atoms with Crippen molar-refractivity contribution in [3.8, 4) is 17.8 Å². The number of H-pyrrole nitrogens is 1. The number of aromatic nitrogens is 4. The van der Waals surface area contributed by atoms with Gasteiger partial charge in [-0.25, -0.2) is 24.1 Å². The van der Waals surface area contributed by atoms with E-state index in [2.05, 4.69) is 15.0 Å². The lowest BCUT2D eigenvalue weighted by Crippen LogP contribution is -2.49. The molecule has 37 heavy (non-hydrogen) atoms. The minimum absolute atomic E-state index is 0.0293. The standard InChI is InChI=1S/C25H20ClN7O4/c1-2-32-24(35)31-23(33(25(32)36)14-16-6-8-17(26)9-7-16)29-18-10-12-19(13-11-18)37-21-5-3-4-20(30-21)22(34)28-15-27/h3-13H,2,14H2,1H3,(H,28,34)(H,29,31,35). The summed E-state index contributed by atoms with van der Waals surface area (Å²) in [5.41, 5.74) is 0.315. The maximum absolute atomic E-state index is 13.0. The molecule has 4 rings (SSSR count). The number of carbonyl (C=O) groups excluding carboxylic acids is 1. The molecular formula is C25H20ClN7O4. The highest BCUT2D eigenvalue weighted by atomic mass is 35.5. The third kappa shape index (κ3) is 6.01. The second-order valence-corrected chi connectivity index (χ2v) is 8.06. The van der Waals surface area contributed by atoms with Gasteiger partial charge in [-0.3, -0.25) is 19.7 Å². The van der Waals surface area contributed by atoms with Gasteiger partial charge < -0.3 is 4.74 Å². The number of carbonyl (C=O) groups is 1. The highest BCUT2D eigenvalue weighted by molar-refractivity contribution is 6.30. The van der Waals surface area contributed by atoms with Crippen LogP contribution in [0.2, 0.25) is 5.02 Å². The van der Waals surface area contributed by atoms with Crippen molar-refractivity contribution in [2.45, 2.75) is 20.0 Å². The van der Waals surface area contributed by atoms with Gasteiger partial charge in [0, 0.05) is 17.6 Å². The summed E-state index contributed by atoms with van der Waals surface area (Å²) in [7, 11) is 0. The number of hydrogen-bond acceptors (Lipinski definition) is 7. The van der Waals surface area contributed by atoms with Gasteiger partial charge in [-0.1, -0.05) is 29.8 Å². The first kappa shape index (κ1) is 25.2. The fourth-order valence-electron chi connectivity index (χ4n) is 3.38. The van der Waals surface area contributed by atoms with Gasteiger partial charge in [-0.05, 0) is 55.0 Å². The van der Waals surface area contributed by atoms with E-state index in [4.69, 9.17) is 21.6 Å². The number of halogens is 1. The molecule has 0 saturated heterocycles. The predicted octanol–water partition coefficient (Wildman–Crippen LogP) is 2.69. The third-order valence-electron chi connectivity index (χ3n) is 5.17. The second-order valence-electron chi connectivity index (χ2n) is 7.63. The number of benzene rings is 2. The lowest BCUT2D eigenvalue weighted by Gasteiger charge is -2.10. The molecule has 12 heteroatoms. The Balaban J connectivity index is 1.65. The highest BCUT2D eigenvalue weighted by Gasteiger charge is 2.10. The molecule has 0 saturated carbocycles. The Morgan fingerprint density at radius 2 is 1.84 bits per heavy atom. The smallest absolute Gasteiger partial charge is 0.335 e. The number of hydrogen-bond donors (Lipinski definition) is 2. The fraction of sp³-hybridized carbons (Fsp3) is 0.120. The van der Waals surface area contributed by atoms with Crippen LogP contribution in [0.15, 0.2) is 81.3 Å². The number of ether oxygens (including phenoxy) is 1. The van der Waals surface area contributed by atoms with E-state index in [9.17, 15) is 14.4 Å². The molecule has 4 aromatic rings. The normalized spacial score (nSPS) is 11.1. The minimum atomic E-state index is -0.645. The lowest BCUT2D eigenvalue weighted by molar-refractivity contribution is 0.0967. The van der Waals surface area contributed by atoms with Crippen LogP contribution in [0.5, 0.6) is 11.6 Å². The van der Waals surface area contributed by atoms with E-state index < -0.39 is 17.3 Å². The van der Waals surface area contributed by atoms with Crippen molar-refractivity contribution in [1.82, 2.24) is 24.4 Å². The van der Waals surface area contributed by atoms with Crippen molar-refractivity contribution in [3.05, 3.63) is 110 Å². The molecule has 0 radical (unpaired) electrons. The number of aromatic amines is 1. The summed E-state index contributed by atoms with van der Waals surface area (Å²) in [5.74, 6) is -0.0789. The monoisotopic (exact) mass is 517 g/mol. The summed E-state index contributed by atoms with van der Waals surface area (Å²) in [6.07, 6.45) is 1.55. The van der Waals surface area contributed by atoms with Gasteiger partial charge in [0.25, 0.3) is 5.91 Å². The van der Waals surface area contributed by atoms with E-state index in [0.717, 1.165) is 10.1 Å². The number of nitrogens with one attached hydrogen (secondary N) is 2. The molecule has 0 aliphatic carbocycles. The van der Waals surface area contributed by atoms with E-state index in [1.807, 2.05) is 5.32 Å². The average Bonchev–Trinajstić information content (AvgIpc) is 2.89. The number of amides is 1. The molecule has 0 unspecified atom stereocenters. The molecule has 0 spiro atoms. The third-order valence-corrected chi connectivity index (χ3v) is 5.42. The van der Waals surface area contributed by atoms with Crippen LogP contribution in [0.4, 0.5) is 5.69 Å². The zero-order valence-electron chi connectivity index (χ0n) is 19.5. The van der Waals surface area contributed by atoms with Gasteiger partial charge in [0.1, 0.15) is 11.4 Å². The Morgan fingerprint density at radius 1 is 1.11 bits per heavy atom. The summed E-state index contributed by atoms with van der Waals surface area (Å²) in [4.78, 5) is 48.5. The van der Waals surface area contributed by atoms with Crippen molar-refractivity contribution in [1.29, 1.82) is 5.26 Å². The van der Waals surface area contributed by atoms with Crippen LogP contribution in [0.1, 0.15) is 23.0 Å². The van der Waals surface area contributed by atoms with Crippen molar-refractivity contribution >= 4 is 23.2 Å². The second kappa shape index (κ2) is 11.2. The van der Waals surface area contributed by atoms with Gasteiger partial charge >= 0.3 is 11.4 Å². The van der Waals surface area contributed by atoms with Crippen LogP contribution < -0.4 is 27.1 Å². The van der Waals surface area contributed by atoms with Crippen molar-refractivity contribution in [2.75, 3.05) is 0 Å². The molecule has 0 aliphatic rings. The molecule has 0 fully saturated rings. The fourth-order valence-corrected chi connectivity index (χ4v) is 3.51. The Hall–Kier alpha value is -4.95. The first-order valence-electron chi connectivity index (χ1n) is 11.1. The zero-order chi connectivity index (χ0) is 26.4. The van der Waals surface area contributed by atoms with Crippen LogP contribution in [0, 0.1) is 11.5 Å². The molecule has 2 heterocycles. The Kier molecular flexibility index (Phi) is 7.61. The molecule has 0 atom stereocenters. The van der Waals surface area contributed by atoms with Crippen LogP contribution >= 0.6 is 11.6 Å². The molecule has 2 aromatic heterocycles. The summed E-state index contributed by atoms with van der Waals surface area (Å²) < 4.78 is 8.15. The predicted molar refractivity (Wildman–Crippen MR) is 135 cm³/mol. The number of pyridine rings is 1. The molecule has 186 valence electrons. The first-order chi connectivity index (χ1) is 17.9. The largest absolute Gasteiger partial charge is 0.439 e. The van der Waals surface area contributed by atoms with Crippen molar-refractivity contribution < 1.29 is 9.53 Å². The quantitative estimate of drug-likeness (QED) is 0.284. The molecule has 1 amide bonds. The minimum Gasteiger partial charge on any atom is -0.439 e. The topological polar surface area (TPSA) is 147 Å². The van der Waals surface area contributed by atoms with Crippen LogP contribution in [0.25, 0.3) is 0 Å². The number of rotatable bonds is 7. The Bertz CT molecular complexity index is 1660. The van der Waals surface area contributed by atoms with E-state index in [1.165, 1.54) is 10.6 Å². The molecule has 2 aromatic carbocycles. The summed E-state index contributed by atoms with van der Waals surface area (Å²) >= 11 is 5.97. The van der Waals surface area contributed by atoms with E-state index in [1.54, 1.807) is 73.8 Å². The molecule has 2 N–H and O–H groups in total. The van der Waals surface area contributed by atoms with E-state index >= 15 is 0 Å². The van der Waals surface area contributed by atoms with Gasteiger partial charge in [-0.15, -0.1) is 0 Å². The SMILES string of the molecule is CCn1c(=O)[nH]/c(=N\c2ccc(Oc3cccc(C(=O)NC#N)n3)cc2)n(Cc2ccc(Cl)cc2)c1=O. The van der Waals surface area contributed by atoms with Crippen LogP contribution in [-0.4, -0.2) is 25.0 Å². The lowest BCUT2D eigenvalue weighted by atomic mass is 10.2. The maximum atomic E-state index is 13.0. The molecule has 11 nitrogen and oxygen atoms in total. The Labute approximate surface area is 214 Å². The zero-order valence-corrected chi connectivity index (χ0v) is 20.3. The van der Waals surface area contributed by atoms with Crippen LogP contribution in [-0.2, 0) is 13.1 Å². The van der Waals surface area contributed by atoms with Gasteiger partial charge in [0.2, 0.25) is 11.5 Å². The van der Waals surface area contributed by atoms with Crippen molar-refractivity contribution in [2.24, 2.45) is 4.99 Å². The summed E-state index contributed by atoms with van der Waals surface area (Å²) in [6, 6.07) is 18.1. The summed E-state index contributed by atoms with van der Waals surface area (Å²) in [5, 5.41) is 11.2. The average molecular weight is 518 g/mol. The van der Waals surface area contributed by atoms with Crippen LogP contribution in [0.3, 0.4) is 0 Å². The number of nitriles is 1. The van der Waals surface area contributed by atoms with E-state index in [-0.39, 0.29) is 30.3 Å². The Morgan fingerprint density at radius 3 is 2.51 bits per heavy atom. The van der Waals surface area contributed by atoms with Crippen molar-refractivity contribution in [3.63, 3.8) is 0 Å². The highest BCUT2D eigenvalue weighted by Crippen LogP contribution is 2.22. The first-order valence-corrected chi connectivity index (χ1v) is 11.4. The van der Waals surface area contributed by atoms with Gasteiger partial charge in [0.05, 0.1) is 12.2 Å². The van der Waals surface area contributed by atoms with Gasteiger partial charge in [-0.2, -0.15) is 5.26 Å². The molecular weight excluding hydrogens is 498 g/mol. The number of nitrogens with zero attached hydrogens (tertiary/aromatic N) is 5. The molecule has 0 aliphatic heterocycles.